The van der Waals surface area contributed by atoms with Gasteiger partial charge in [-0.1, -0.05) is 60.8 Å². The van der Waals surface area contributed by atoms with E-state index in [-0.39, 0.29) is 16.9 Å². The summed E-state index contributed by atoms with van der Waals surface area (Å²) < 4.78 is 30.0. The van der Waals surface area contributed by atoms with Crippen LogP contribution < -0.4 is 11.5 Å². The van der Waals surface area contributed by atoms with Gasteiger partial charge in [0.05, 0.1) is 21.1 Å². The predicted molar refractivity (Wildman–Crippen MR) is 135 cm³/mol. The van der Waals surface area contributed by atoms with E-state index in [4.69, 9.17) is 11.5 Å². The Bertz CT molecular complexity index is 1290. The molecular formula is C25H24F2N4OS2. The second-order valence-corrected chi connectivity index (χ2v) is 10.3. The summed E-state index contributed by atoms with van der Waals surface area (Å²) in [4.78, 5) is 23.1. The largest absolute Gasteiger partial charge is 0.375 e. The van der Waals surface area contributed by atoms with Gasteiger partial charge in [-0.25, -0.2) is 18.7 Å². The number of aryl methyl sites for hydroxylation is 2. The fourth-order valence-corrected chi connectivity index (χ4v) is 5.75. The Morgan fingerprint density at radius 1 is 0.794 bits per heavy atom. The third-order valence-electron chi connectivity index (χ3n) is 5.94. The first-order valence-electron chi connectivity index (χ1n) is 10.7. The lowest BCUT2D eigenvalue weighted by atomic mass is 9.84. The summed E-state index contributed by atoms with van der Waals surface area (Å²) in [6.45, 7) is 6.91. The number of rotatable bonds is 6. The number of hydrogen-bond donors (Lipinski definition) is 2. The van der Waals surface area contributed by atoms with Crippen LogP contribution in [0.4, 0.5) is 19.0 Å². The monoisotopic (exact) mass is 498 g/mol. The molecule has 5 nitrogen and oxygen atoms in total. The number of nitrogen functional groups attached to an aromatic ring is 2. The molecule has 2 unspecified atom stereocenters. The van der Waals surface area contributed by atoms with Gasteiger partial charge in [-0.15, -0.1) is 0 Å². The summed E-state index contributed by atoms with van der Waals surface area (Å²) in [6, 6.07) is 9.50. The lowest BCUT2D eigenvalue weighted by Gasteiger charge is -2.19. The van der Waals surface area contributed by atoms with E-state index in [9.17, 15) is 4.79 Å². The van der Waals surface area contributed by atoms with E-state index in [1.54, 1.807) is 38.1 Å². The van der Waals surface area contributed by atoms with Crippen LogP contribution >= 0.6 is 22.7 Å². The summed E-state index contributed by atoms with van der Waals surface area (Å²) in [6.07, 6.45) is 0. The number of Topliss-reactive ketones (excluding diaryl/α,β-unsaturated/α-hetero) is 1. The Balaban J connectivity index is 1.58. The van der Waals surface area contributed by atoms with Crippen molar-refractivity contribution in [3.05, 3.63) is 70.5 Å². The maximum Gasteiger partial charge on any atom is 0.180 e. The molecule has 176 valence electrons. The van der Waals surface area contributed by atoms with Crippen molar-refractivity contribution in [2.75, 3.05) is 11.5 Å². The molecule has 4 N–H and O–H groups in total. The number of benzene rings is 2. The minimum atomic E-state index is -0.751. The molecule has 0 saturated heterocycles. The van der Waals surface area contributed by atoms with E-state index < -0.39 is 23.5 Å². The Morgan fingerprint density at radius 3 is 1.47 bits per heavy atom. The molecule has 2 heterocycles. The SMILES string of the molecule is Cc1nc(N)sc1-c1ccc(C(C)C(=O)C(C)c2ccc(-c3sc(N)nc3C)cc2F)c(F)c1. The van der Waals surface area contributed by atoms with Crippen molar-refractivity contribution in [1.82, 2.24) is 9.97 Å². The topological polar surface area (TPSA) is 94.9 Å². The number of ketones is 1. The minimum Gasteiger partial charge on any atom is -0.375 e. The molecule has 0 fully saturated rings. The van der Waals surface area contributed by atoms with Crippen molar-refractivity contribution in [2.24, 2.45) is 0 Å². The average Bonchev–Trinajstić information content (AvgIpc) is 3.31. The van der Waals surface area contributed by atoms with Gasteiger partial charge >= 0.3 is 0 Å². The number of halogens is 2. The van der Waals surface area contributed by atoms with Crippen molar-refractivity contribution in [3.8, 4) is 20.9 Å². The maximum atomic E-state index is 15.0. The van der Waals surface area contributed by atoms with E-state index in [1.165, 1.54) is 34.8 Å². The van der Waals surface area contributed by atoms with Crippen LogP contribution in [0.2, 0.25) is 0 Å². The molecule has 0 aliphatic heterocycles. The molecule has 0 aliphatic rings. The average molecular weight is 499 g/mol. The number of aromatic nitrogens is 2. The third-order valence-corrected chi connectivity index (χ3v) is 8.01. The van der Waals surface area contributed by atoms with Gasteiger partial charge in [-0.2, -0.15) is 0 Å². The van der Waals surface area contributed by atoms with Crippen molar-refractivity contribution in [3.63, 3.8) is 0 Å². The first-order chi connectivity index (χ1) is 16.1. The predicted octanol–water partition coefficient (Wildman–Crippen LogP) is 6.47. The molecule has 2 atom stereocenters. The lowest BCUT2D eigenvalue weighted by molar-refractivity contribution is -0.121. The van der Waals surface area contributed by atoms with Crippen molar-refractivity contribution in [1.29, 1.82) is 0 Å². The summed E-state index contributed by atoms with van der Waals surface area (Å²) in [5, 5.41) is 0.827. The fourth-order valence-electron chi connectivity index (χ4n) is 4.09. The molecule has 34 heavy (non-hydrogen) atoms. The van der Waals surface area contributed by atoms with E-state index >= 15 is 8.78 Å². The molecule has 9 heteroatoms. The van der Waals surface area contributed by atoms with Crippen LogP contribution in [-0.2, 0) is 4.79 Å². The normalized spacial score (nSPS) is 13.1. The number of thiazole rings is 2. The number of nitrogens with zero attached hydrogens (tertiary/aromatic N) is 2. The number of anilines is 2. The van der Waals surface area contributed by atoms with Gasteiger partial charge in [-0.05, 0) is 48.2 Å². The summed E-state index contributed by atoms with van der Waals surface area (Å²) in [5.74, 6) is -2.76. The van der Waals surface area contributed by atoms with E-state index in [0.717, 1.165) is 21.1 Å². The Hall–Kier alpha value is -3.17. The van der Waals surface area contributed by atoms with Gasteiger partial charge in [0, 0.05) is 11.8 Å². The van der Waals surface area contributed by atoms with Gasteiger partial charge < -0.3 is 11.5 Å². The van der Waals surface area contributed by atoms with Crippen LogP contribution in [0.25, 0.3) is 20.9 Å². The van der Waals surface area contributed by atoms with Gasteiger partial charge in [0.2, 0.25) is 0 Å². The second kappa shape index (κ2) is 9.23. The van der Waals surface area contributed by atoms with Crippen LogP contribution in [0, 0.1) is 25.5 Å². The zero-order valence-electron chi connectivity index (χ0n) is 19.1. The highest BCUT2D eigenvalue weighted by Crippen LogP contribution is 2.36. The number of hydrogen-bond acceptors (Lipinski definition) is 7. The molecule has 4 aromatic rings. The van der Waals surface area contributed by atoms with Gasteiger partial charge in [0.1, 0.15) is 17.4 Å². The number of nitrogens with two attached hydrogens (primary N) is 2. The Labute approximate surface area is 204 Å². The van der Waals surface area contributed by atoms with Crippen LogP contribution in [0.3, 0.4) is 0 Å². The molecule has 0 spiro atoms. The maximum absolute atomic E-state index is 15.0. The number of carbonyl (C=O) groups excluding carboxylic acids is 1. The standard InChI is InChI=1S/C25H24F2N4OS2/c1-11(17-7-5-15(9-19(17)26)22-13(3)30-24(28)33-22)21(32)12(2)18-8-6-16(10-20(18)27)23-14(4)31-25(29)34-23/h5-12H,1-4H3,(H2,28,30)(H2,29,31). The quantitative estimate of drug-likeness (QED) is 0.318. The smallest absolute Gasteiger partial charge is 0.180 e. The summed E-state index contributed by atoms with van der Waals surface area (Å²) in [5.41, 5.74) is 14.8. The Morgan fingerprint density at radius 2 is 1.18 bits per heavy atom. The minimum absolute atomic E-state index is 0.267. The molecule has 2 aromatic carbocycles. The van der Waals surface area contributed by atoms with E-state index in [1.807, 2.05) is 13.8 Å². The van der Waals surface area contributed by atoms with Gasteiger partial charge in [0.25, 0.3) is 0 Å². The van der Waals surface area contributed by atoms with Crippen LogP contribution in [0.1, 0.15) is 48.2 Å². The number of carbonyl (C=O) groups is 1. The van der Waals surface area contributed by atoms with Crippen LogP contribution in [-0.4, -0.2) is 15.8 Å². The zero-order chi connectivity index (χ0) is 24.7. The van der Waals surface area contributed by atoms with Crippen molar-refractivity contribution >= 4 is 38.7 Å². The molecule has 4 rings (SSSR count). The van der Waals surface area contributed by atoms with Gasteiger partial charge in [0.15, 0.2) is 10.3 Å². The van der Waals surface area contributed by atoms with Crippen molar-refractivity contribution < 1.29 is 13.6 Å². The molecular weight excluding hydrogens is 474 g/mol. The first kappa shape index (κ1) is 24.0. The van der Waals surface area contributed by atoms with E-state index in [2.05, 4.69) is 9.97 Å². The molecule has 0 radical (unpaired) electrons. The van der Waals surface area contributed by atoms with E-state index in [0.29, 0.717) is 21.4 Å². The molecule has 2 aromatic heterocycles. The molecule has 0 bridgehead atoms. The second-order valence-electron chi connectivity index (χ2n) is 8.25. The van der Waals surface area contributed by atoms with Crippen LogP contribution in [0.15, 0.2) is 36.4 Å². The Kier molecular flexibility index (Phi) is 6.51. The van der Waals surface area contributed by atoms with Crippen molar-refractivity contribution in [2.45, 2.75) is 39.5 Å². The van der Waals surface area contributed by atoms with Gasteiger partial charge in [-0.3, -0.25) is 4.79 Å². The third kappa shape index (κ3) is 4.45. The molecule has 0 amide bonds. The summed E-state index contributed by atoms with van der Waals surface area (Å²) in [7, 11) is 0. The molecule has 0 saturated carbocycles. The highest BCUT2D eigenvalue weighted by atomic mass is 32.1. The zero-order valence-corrected chi connectivity index (χ0v) is 20.8. The van der Waals surface area contributed by atoms with Crippen LogP contribution in [0.5, 0.6) is 0 Å². The highest BCUT2D eigenvalue weighted by Gasteiger charge is 2.27. The molecule has 0 aliphatic carbocycles. The first-order valence-corrected chi connectivity index (χ1v) is 12.3. The fraction of sp³-hybridized carbons (Fsp3) is 0.240. The highest BCUT2D eigenvalue weighted by molar-refractivity contribution is 7.19. The summed E-state index contributed by atoms with van der Waals surface area (Å²) >= 11 is 2.57. The lowest BCUT2D eigenvalue weighted by Crippen LogP contribution is -2.18.